The highest BCUT2D eigenvalue weighted by atomic mass is 32.2. The average Bonchev–Trinajstić information content (AvgIpc) is 3.20. The van der Waals surface area contributed by atoms with Gasteiger partial charge in [0.2, 0.25) is 0 Å². The Bertz CT molecular complexity index is 652. The minimum atomic E-state index is -0.318. The molecule has 0 aliphatic rings. The molecule has 190 valence electrons. The predicted molar refractivity (Wildman–Crippen MR) is 140 cm³/mol. The van der Waals surface area contributed by atoms with Crippen LogP contribution in [0.2, 0.25) is 0 Å². The van der Waals surface area contributed by atoms with E-state index in [1.54, 1.807) is 11.8 Å². The van der Waals surface area contributed by atoms with E-state index in [-0.39, 0.29) is 11.5 Å². The zero-order valence-electron chi connectivity index (χ0n) is 20.7. The van der Waals surface area contributed by atoms with Crippen LogP contribution in [-0.4, -0.2) is 61.7 Å². The molecular weight excluding hydrogens is 438 g/mol. The lowest BCUT2D eigenvalue weighted by molar-refractivity contribution is -0.463. The molecule has 0 aliphatic heterocycles. The molecule has 1 rings (SSSR count). The van der Waals surface area contributed by atoms with Gasteiger partial charge in [-0.3, -0.25) is 15.1 Å². The lowest BCUT2D eigenvalue weighted by atomic mass is 10.1. The van der Waals surface area contributed by atoms with Gasteiger partial charge < -0.3 is 20.4 Å². The van der Waals surface area contributed by atoms with Gasteiger partial charge in [0.15, 0.2) is 5.84 Å². The highest BCUT2D eigenvalue weighted by molar-refractivity contribution is 7.98. The summed E-state index contributed by atoms with van der Waals surface area (Å²) in [5.74, 6) is 4.05. The summed E-state index contributed by atoms with van der Waals surface area (Å²) in [6.07, 6.45) is 12.3. The highest BCUT2D eigenvalue weighted by Crippen LogP contribution is 2.16. The Morgan fingerprint density at radius 3 is 2.27 bits per heavy atom. The summed E-state index contributed by atoms with van der Waals surface area (Å²) in [5, 5.41) is 14.1. The Labute approximate surface area is 204 Å². The first-order chi connectivity index (χ1) is 16.0. The minimum absolute atomic E-state index is 0.235. The number of unbranched alkanes of at least 4 members (excludes halogenated alkanes) is 9. The molecule has 9 heteroatoms. The number of rotatable bonds is 21. The molecule has 0 spiro atoms. The van der Waals surface area contributed by atoms with E-state index in [1.807, 2.05) is 26.2 Å². The summed E-state index contributed by atoms with van der Waals surface area (Å²) < 4.78 is 5.80. The first-order valence-electron chi connectivity index (χ1n) is 12.4. The molecule has 0 aliphatic carbocycles. The molecule has 1 heterocycles. The number of furan rings is 1. The summed E-state index contributed by atoms with van der Waals surface area (Å²) >= 11 is 1.75. The molecule has 0 radical (unpaired) electrons. The first kappa shape index (κ1) is 29.5. The number of aliphatic imine (C=N–C) groups is 1. The molecule has 8 nitrogen and oxygen atoms in total. The molecule has 1 aromatic heterocycles. The number of thioether (sulfide) groups is 1. The van der Waals surface area contributed by atoms with Crippen LogP contribution >= 0.6 is 11.8 Å². The van der Waals surface area contributed by atoms with Crippen LogP contribution in [0.1, 0.15) is 75.7 Å². The van der Waals surface area contributed by atoms with Crippen molar-refractivity contribution in [2.75, 3.05) is 46.0 Å². The van der Waals surface area contributed by atoms with Gasteiger partial charge in [-0.05, 0) is 45.6 Å². The molecule has 33 heavy (non-hydrogen) atoms. The van der Waals surface area contributed by atoms with Crippen molar-refractivity contribution in [1.29, 1.82) is 0 Å². The SMILES string of the molecule is CN(C)Cc1ccc(CSCCNC(C[N+](=O)[O-])=NCCCCCCCCCCCCN)o1. The van der Waals surface area contributed by atoms with E-state index in [0.717, 1.165) is 55.4 Å². The van der Waals surface area contributed by atoms with Gasteiger partial charge in [0, 0.05) is 23.8 Å². The smallest absolute Gasteiger partial charge is 0.259 e. The van der Waals surface area contributed by atoms with Gasteiger partial charge >= 0.3 is 0 Å². The summed E-state index contributed by atoms with van der Waals surface area (Å²) in [4.78, 5) is 17.1. The van der Waals surface area contributed by atoms with Crippen LogP contribution in [0.3, 0.4) is 0 Å². The second-order valence-electron chi connectivity index (χ2n) is 8.73. The van der Waals surface area contributed by atoms with Gasteiger partial charge in [-0.25, -0.2) is 0 Å². The van der Waals surface area contributed by atoms with Crippen molar-refractivity contribution in [1.82, 2.24) is 10.2 Å². The molecule has 0 bridgehead atoms. The summed E-state index contributed by atoms with van der Waals surface area (Å²) in [6, 6.07) is 4.03. The van der Waals surface area contributed by atoms with Crippen LogP contribution in [0.25, 0.3) is 0 Å². The van der Waals surface area contributed by atoms with Crippen LogP contribution < -0.4 is 11.1 Å². The van der Waals surface area contributed by atoms with Gasteiger partial charge in [0.05, 0.1) is 12.3 Å². The van der Waals surface area contributed by atoms with Crippen LogP contribution in [0.4, 0.5) is 0 Å². The standard InChI is InChI=1S/C24H45N5O3S/c1-28(2)19-22-13-14-23(32-22)21-33-18-17-27-24(20-29(30)31)26-16-12-10-8-6-4-3-5-7-9-11-15-25/h13-14H,3-12,15-21,25H2,1-2H3,(H,26,27). The van der Waals surface area contributed by atoms with Crippen LogP contribution in [0, 0.1) is 10.1 Å². The van der Waals surface area contributed by atoms with Crippen LogP contribution in [0.5, 0.6) is 0 Å². The van der Waals surface area contributed by atoms with Gasteiger partial charge in [-0.1, -0.05) is 51.4 Å². The van der Waals surface area contributed by atoms with Gasteiger partial charge in [0.1, 0.15) is 11.5 Å². The molecule has 0 saturated carbocycles. The number of nitrogens with two attached hydrogens (primary N) is 1. The monoisotopic (exact) mass is 483 g/mol. The third kappa shape index (κ3) is 17.5. The molecule has 0 amide bonds. The van der Waals surface area contributed by atoms with Crippen molar-refractivity contribution in [3.8, 4) is 0 Å². The number of nitrogens with zero attached hydrogens (tertiary/aromatic N) is 3. The van der Waals surface area contributed by atoms with E-state index in [2.05, 4.69) is 15.2 Å². The largest absolute Gasteiger partial charge is 0.464 e. The number of amidine groups is 1. The van der Waals surface area contributed by atoms with Gasteiger partial charge in [0.25, 0.3) is 6.54 Å². The minimum Gasteiger partial charge on any atom is -0.464 e. The Balaban J connectivity index is 2.11. The Hall–Kier alpha value is -1.58. The summed E-state index contributed by atoms with van der Waals surface area (Å²) in [6.45, 7) is 2.69. The van der Waals surface area contributed by atoms with Crippen molar-refractivity contribution in [3.63, 3.8) is 0 Å². The van der Waals surface area contributed by atoms with Gasteiger partial charge in [-0.2, -0.15) is 11.8 Å². The molecule has 0 fully saturated rings. The molecule has 1 aromatic rings. The lowest BCUT2D eigenvalue weighted by Gasteiger charge is -2.07. The topological polar surface area (TPSA) is 110 Å². The van der Waals surface area contributed by atoms with E-state index in [0.29, 0.717) is 18.9 Å². The number of hydrogen-bond acceptors (Lipinski definition) is 7. The quantitative estimate of drug-likeness (QED) is 0.0857. The lowest BCUT2D eigenvalue weighted by Crippen LogP contribution is -2.32. The maximum Gasteiger partial charge on any atom is 0.259 e. The predicted octanol–water partition coefficient (Wildman–Crippen LogP) is 4.70. The van der Waals surface area contributed by atoms with Crippen molar-refractivity contribution in [2.45, 2.75) is 76.5 Å². The van der Waals surface area contributed by atoms with Crippen molar-refractivity contribution >= 4 is 17.6 Å². The van der Waals surface area contributed by atoms with Crippen LogP contribution in [-0.2, 0) is 12.3 Å². The van der Waals surface area contributed by atoms with Crippen molar-refractivity contribution in [2.24, 2.45) is 10.7 Å². The Kier molecular flexibility index (Phi) is 17.7. The average molecular weight is 484 g/mol. The van der Waals surface area contributed by atoms with Crippen LogP contribution in [0.15, 0.2) is 21.5 Å². The zero-order chi connectivity index (χ0) is 24.2. The third-order valence-corrected chi connectivity index (χ3v) is 6.18. The second kappa shape index (κ2) is 19.9. The molecular formula is C24H45N5O3S. The van der Waals surface area contributed by atoms with E-state index in [1.165, 1.54) is 44.9 Å². The molecule has 0 saturated heterocycles. The molecule has 0 aromatic carbocycles. The summed E-state index contributed by atoms with van der Waals surface area (Å²) in [5.41, 5.74) is 5.51. The van der Waals surface area contributed by atoms with E-state index in [9.17, 15) is 10.1 Å². The van der Waals surface area contributed by atoms with E-state index >= 15 is 0 Å². The molecule has 3 N–H and O–H groups in total. The maximum absolute atomic E-state index is 10.9. The second-order valence-corrected chi connectivity index (χ2v) is 9.83. The normalized spacial score (nSPS) is 11.9. The zero-order valence-corrected chi connectivity index (χ0v) is 21.5. The highest BCUT2D eigenvalue weighted by Gasteiger charge is 2.07. The maximum atomic E-state index is 10.9. The van der Waals surface area contributed by atoms with Crippen molar-refractivity contribution in [3.05, 3.63) is 33.8 Å². The van der Waals surface area contributed by atoms with Gasteiger partial charge in [-0.15, -0.1) is 0 Å². The number of hydrogen-bond donors (Lipinski definition) is 2. The van der Waals surface area contributed by atoms with E-state index in [4.69, 9.17) is 10.2 Å². The third-order valence-electron chi connectivity index (χ3n) is 5.20. The first-order valence-corrected chi connectivity index (χ1v) is 13.6. The fourth-order valence-corrected chi connectivity index (χ4v) is 4.25. The molecule has 0 unspecified atom stereocenters. The Morgan fingerprint density at radius 2 is 1.67 bits per heavy atom. The molecule has 0 atom stereocenters. The van der Waals surface area contributed by atoms with Crippen molar-refractivity contribution < 1.29 is 9.34 Å². The number of nitrogens with one attached hydrogen (secondary N) is 1. The Morgan fingerprint density at radius 1 is 1.06 bits per heavy atom. The van der Waals surface area contributed by atoms with E-state index < -0.39 is 0 Å². The fourth-order valence-electron chi connectivity index (χ4n) is 3.51. The summed E-state index contributed by atoms with van der Waals surface area (Å²) in [7, 11) is 4.03. The fraction of sp³-hybridized carbons (Fsp3) is 0.792. The number of nitro groups is 1.